The van der Waals surface area contributed by atoms with Gasteiger partial charge < -0.3 is 20.1 Å². The van der Waals surface area contributed by atoms with Gasteiger partial charge in [-0.25, -0.2) is 4.79 Å². The molecule has 1 aliphatic heterocycles. The van der Waals surface area contributed by atoms with Crippen LogP contribution < -0.4 is 5.32 Å². The summed E-state index contributed by atoms with van der Waals surface area (Å²) in [5.74, 6) is -0.805. The predicted molar refractivity (Wildman–Crippen MR) is 75.7 cm³/mol. The van der Waals surface area contributed by atoms with E-state index >= 15 is 0 Å². The molecule has 0 bridgehead atoms. The van der Waals surface area contributed by atoms with Crippen molar-refractivity contribution < 1.29 is 19.4 Å². The molecule has 0 aromatic rings. The molecule has 1 rings (SSSR count). The van der Waals surface area contributed by atoms with E-state index < -0.39 is 11.4 Å². The number of amides is 2. The van der Waals surface area contributed by atoms with E-state index in [1.807, 2.05) is 20.8 Å². The Bertz CT molecular complexity index is 348. The van der Waals surface area contributed by atoms with Gasteiger partial charge in [0.1, 0.15) is 0 Å². The van der Waals surface area contributed by atoms with Gasteiger partial charge in [-0.1, -0.05) is 6.92 Å². The number of piperidine rings is 1. The summed E-state index contributed by atoms with van der Waals surface area (Å²) in [6.45, 7) is 7.62. The number of likely N-dealkylation sites (tertiary alicyclic amines) is 1. The molecule has 0 aromatic heterocycles. The van der Waals surface area contributed by atoms with Crippen LogP contribution in [-0.4, -0.2) is 54.4 Å². The molecule has 1 saturated heterocycles. The molecular weight excluding hydrogens is 260 g/mol. The third-order valence-electron chi connectivity index (χ3n) is 3.99. The Balaban J connectivity index is 2.54. The first kappa shape index (κ1) is 16.8. The van der Waals surface area contributed by atoms with Crippen LogP contribution in [0.15, 0.2) is 0 Å². The number of carboxylic acids is 1. The number of urea groups is 1. The maximum absolute atomic E-state index is 12.1. The van der Waals surface area contributed by atoms with Crippen molar-refractivity contribution in [1.82, 2.24) is 10.2 Å². The maximum atomic E-state index is 12.1. The molecule has 0 aliphatic carbocycles. The minimum atomic E-state index is -0.805. The first-order valence-electron chi connectivity index (χ1n) is 7.33. The second-order valence-electron chi connectivity index (χ2n) is 5.42. The van der Waals surface area contributed by atoms with Crippen LogP contribution in [0, 0.1) is 5.41 Å². The smallest absolute Gasteiger partial charge is 0.317 e. The van der Waals surface area contributed by atoms with Crippen LogP contribution in [0.3, 0.4) is 0 Å². The molecule has 2 unspecified atom stereocenters. The molecule has 2 atom stereocenters. The number of nitrogens with zero attached hydrogens (tertiary/aromatic N) is 1. The van der Waals surface area contributed by atoms with E-state index in [2.05, 4.69) is 5.32 Å². The molecule has 1 aliphatic rings. The number of carbonyl (C=O) groups is 2. The topological polar surface area (TPSA) is 78.9 Å². The minimum absolute atomic E-state index is 0.0378. The van der Waals surface area contributed by atoms with Gasteiger partial charge in [0.05, 0.1) is 11.5 Å². The van der Waals surface area contributed by atoms with Gasteiger partial charge in [0.2, 0.25) is 0 Å². The third-order valence-corrected chi connectivity index (χ3v) is 3.99. The summed E-state index contributed by atoms with van der Waals surface area (Å²) >= 11 is 0. The Hall–Kier alpha value is -1.30. The molecule has 2 N–H and O–H groups in total. The molecule has 0 saturated carbocycles. The Morgan fingerprint density at radius 2 is 2.15 bits per heavy atom. The minimum Gasteiger partial charge on any atom is -0.481 e. The van der Waals surface area contributed by atoms with Crippen molar-refractivity contribution >= 4 is 12.0 Å². The summed E-state index contributed by atoms with van der Waals surface area (Å²) in [5, 5.41) is 12.2. The van der Waals surface area contributed by atoms with E-state index in [1.165, 1.54) is 0 Å². The maximum Gasteiger partial charge on any atom is 0.317 e. The van der Waals surface area contributed by atoms with Gasteiger partial charge in [-0.2, -0.15) is 0 Å². The zero-order valence-corrected chi connectivity index (χ0v) is 12.6. The average molecular weight is 286 g/mol. The summed E-state index contributed by atoms with van der Waals surface area (Å²) in [6.07, 6.45) is 1.87. The van der Waals surface area contributed by atoms with Crippen LogP contribution in [-0.2, 0) is 9.53 Å². The lowest BCUT2D eigenvalue weighted by Gasteiger charge is -2.39. The molecule has 6 nitrogen and oxygen atoms in total. The molecule has 1 fully saturated rings. The standard InChI is InChI=1S/C14H26N2O4/c1-4-14(12(17)18)7-6-8-16(10-14)13(19)15-9-11(3)20-5-2/h11H,4-10H2,1-3H3,(H,15,19)(H,17,18). The molecule has 116 valence electrons. The fraction of sp³-hybridized carbons (Fsp3) is 0.857. The average Bonchev–Trinajstić information content (AvgIpc) is 2.44. The Kier molecular flexibility index (Phi) is 6.26. The van der Waals surface area contributed by atoms with Crippen LogP contribution in [0.4, 0.5) is 4.79 Å². The van der Waals surface area contributed by atoms with Crippen molar-refractivity contribution in [1.29, 1.82) is 0 Å². The zero-order valence-electron chi connectivity index (χ0n) is 12.6. The Morgan fingerprint density at radius 3 is 2.70 bits per heavy atom. The highest BCUT2D eigenvalue weighted by Gasteiger charge is 2.42. The van der Waals surface area contributed by atoms with Crippen LogP contribution in [0.25, 0.3) is 0 Å². The van der Waals surface area contributed by atoms with Gasteiger partial charge in [0.15, 0.2) is 0 Å². The number of ether oxygens (including phenoxy) is 1. The number of hydrogen-bond acceptors (Lipinski definition) is 3. The lowest BCUT2D eigenvalue weighted by atomic mass is 9.78. The molecule has 2 amide bonds. The molecule has 6 heteroatoms. The van der Waals surface area contributed by atoms with Gasteiger partial charge in [0.25, 0.3) is 0 Å². The van der Waals surface area contributed by atoms with Crippen LogP contribution in [0.1, 0.15) is 40.0 Å². The lowest BCUT2D eigenvalue weighted by molar-refractivity contribution is -0.152. The van der Waals surface area contributed by atoms with Crippen molar-refractivity contribution in [3.63, 3.8) is 0 Å². The van der Waals surface area contributed by atoms with E-state index in [4.69, 9.17) is 4.74 Å². The summed E-state index contributed by atoms with van der Waals surface area (Å²) in [7, 11) is 0. The van der Waals surface area contributed by atoms with Crippen molar-refractivity contribution in [2.24, 2.45) is 5.41 Å². The van der Waals surface area contributed by atoms with E-state index in [1.54, 1.807) is 4.90 Å². The van der Waals surface area contributed by atoms with E-state index in [-0.39, 0.29) is 18.7 Å². The highest BCUT2D eigenvalue weighted by Crippen LogP contribution is 2.33. The van der Waals surface area contributed by atoms with Gasteiger partial charge in [-0.15, -0.1) is 0 Å². The first-order chi connectivity index (χ1) is 9.45. The molecule has 0 aromatic carbocycles. The van der Waals surface area contributed by atoms with Crippen molar-refractivity contribution in [3.8, 4) is 0 Å². The molecule has 20 heavy (non-hydrogen) atoms. The van der Waals surface area contributed by atoms with E-state index in [0.717, 1.165) is 6.42 Å². The summed E-state index contributed by atoms with van der Waals surface area (Å²) in [4.78, 5) is 25.2. The first-order valence-corrected chi connectivity index (χ1v) is 7.33. The zero-order chi connectivity index (χ0) is 15.2. The predicted octanol–water partition coefficient (Wildman–Crippen LogP) is 1.70. The second kappa shape index (κ2) is 7.47. The number of carbonyl (C=O) groups excluding carboxylic acids is 1. The van der Waals surface area contributed by atoms with Crippen LogP contribution in [0.2, 0.25) is 0 Å². The molecule has 1 heterocycles. The second-order valence-corrected chi connectivity index (χ2v) is 5.42. The van der Waals surface area contributed by atoms with Crippen LogP contribution in [0.5, 0.6) is 0 Å². The SMILES string of the molecule is CCOC(C)CNC(=O)N1CCCC(CC)(C(=O)O)C1. The largest absolute Gasteiger partial charge is 0.481 e. The molecule has 0 spiro atoms. The number of rotatable bonds is 6. The van der Waals surface area contributed by atoms with E-state index in [0.29, 0.717) is 32.5 Å². The van der Waals surface area contributed by atoms with Gasteiger partial charge >= 0.3 is 12.0 Å². The van der Waals surface area contributed by atoms with Crippen molar-refractivity contribution in [2.45, 2.75) is 46.1 Å². The molecular formula is C14H26N2O4. The lowest BCUT2D eigenvalue weighted by Crippen LogP contribution is -2.53. The van der Waals surface area contributed by atoms with Crippen LogP contribution >= 0.6 is 0 Å². The number of carboxylic acid groups (broad SMARTS) is 1. The number of aliphatic carboxylic acids is 1. The number of nitrogens with one attached hydrogen (secondary N) is 1. The van der Waals surface area contributed by atoms with Gasteiger partial charge in [-0.05, 0) is 33.1 Å². The van der Waals surface area contributed by atoms with Crippen molar-refractivity contribution in [3.05, 3.63) is 0 Å². The normalized spacial score (nSPS) is 24.2. The third kappa shape index (κ3) is 4.10. The molecule has 0 radical (unpaired) electrons. The summed E-state index contributed by atoms with van der Waals surface area (Å²) in [5.41, 5.74) is -0.791. The Labute approximate surface area is 120 Å². The fourth-order valence-electron chi connectivity index (χ4n) is 2.61. The highest BCUT2D eigenvalue weighted by molar-refractivity contribution is 5.78. The Morgan fingerprint density at radius 1 is 1.45 bits per heavy atom. The summed E-state index contributed by atoms with van der Waals surface area (Å²) in [6, 6.07) is -0.199. The highest BCUT2D eigenvalue weighted by atomic mass is 16.5. The van der Waals surface area contributed by atoms with Crippen molar-refractivity contribution in [2.75, 3.05) is 26.2 Å². The van der Waals surface area contributed by atoms with Gasteiger partial charge in [0, 0.05) is 26.2 Å². The monoisotopic (exact) mass is 286 g/mol. The summed E-state index contributed by atoms with van der Waals surface area (Å²) < 4.78 is 5.35. The number of hydrogen-bond donors (Lipinski definition) is 2. The van der Waals surface area contributed by atoms with Gasteiger partial charge in [-0.3, -0.25) is 4.79 Å². The van der Waals surface area contributed by atoms with E-state index in [9.17, 15) is 14.7 Å². The fourth-order valence-corrected chi connectivity index (χ4v) is 2.61. The quantitative estimate of drug-likeness (QED) is 0.779.